The Morgan fingerprint density at radius 1 is 1.35 bits per heavy atom. The minimum absolute atomic E-state index is 0.0310. The Hall–Kier alpha value is -1.89. The molecular formula is C15H12Cl2FN3OS. The lowest BCUT2D eigenvalue weighted by Gasteiger charge is -2.11. The molecule has 8 heteroatoms. The molecule has 2 aromatic rings. The van der Waals surface area contributed by atoms with Gasteiger partial charge in [-0.25, -0.2) is 4.39 Å². The Labute approximate surface area is 148 Å². The molecule has 3 N–H and O–H groups in total. The number of halogens is 3. The van der Waals surface area contributed by atoms with Crippen molar-refractivity contribution in [2.24, 2.45) is 10.8 Å². The number of hydrogen-bond donors (Lipinski definition) is 2. The molecule has 0 atom stereocenters. The number of nitrogens with two attached hydrogens (primary N) is 1. The molecule has 0 spiro atoms. The van der Waals surface area contributed by atoms with Crippen LogP contribution in [0.4, 0.5) is 4.39 Å². The third-order valence-electron chi connectivity index (χ3n) is 2.78. The normalized spacial score (nSPS) is 10.7. The van der Waals surface area contributed by atoms with E-state index in [0.717, 1.165) is 0 Å². The van der Waals surface area contributed by atoms with E-state index in [2.05, 4.69) is 22.7 Å². The zero-order chi connectivity index (χ0) is 16.8. The standard InChI is InChI=1S/C15H12Cl2FN3OS/c16-10-4-5-14(9(6-10)7-20-21-15(19)23)22-8-11-12(17)2-1-3-13(11)18/h1-7H,8H2,(H3,19,21,23). The van der Waals surface area contributed by atoms with E-state index >= 15 is 0 Å². The molecule has 0 heterocycles. The number of hydrazone groups is 1. The zero-order valence-corrected chi connectivity index (χ0v) is 14.1. The molecule has 0 aliphatic carbocycles. The molecule has 0 saturated carbocycles. The second kappa shape index (κ2) is 8.10. The highest BCUT2D eigenvalue weighted by Gasteiger charge is 2.09. The number of rotatable bonds is 5. The first-order valence-electron chi connectivity index (χ1n) is 6.41. The molecule has 0 unspecified atom stereocenters. The summed E-state index contributed by atoms with van der Waals surface area (Å²) in [5.74, 6) is 0.0269. The Kier molecular flexibility index (Phi) is 6.15. The molecule has 0 bridgehead atoms. The fourth-order valence-electron chi connectivity index (χ4n) is 1.74. The summed E-state index contributed by atoms with van der Waals surface area (Å²) >= 11 is 16.6. The van der Waals surface area contributed by atoms with Crippen LogP contribution in [-0.2, 0) is 6.61 Å². The first-order chi connectivity index (χ1) is 11.0. The molecule has 0 aromatic heterocycles. The van der Waals surface area contributed by atoms with Crippen molar-refractivity contribution in [3.05, 3.63) is 63.4 Å². The highest BCUT2D eigenvalue weighted by molar-refractivity contribution is 7.80. The Balaban J connectivity index is 2.19. The van der Waals surface area contributed by atoms with E-state index in [-0.39, 0.29) is 17.3 Å². The molecule has 23 heavy (non-hydrogen) atoms. The van der Waals surface area contributed by atoms with Crippen molar-refractivity contribution in [3.63, 3.8) is 0 Å². The van der Waals surface area contributed by atoms with Gasteiger partial charge < -0.3 is 10.5 Å². The first-order valence-corrected chi connectivity index (χ1v) is 7.57. The summed E-state index contributed by atoms with van der Waals surface area (Å²) in [5.41, 5.74) is 8.57. The summed E-state index contributed by atoms with van der Waals surface area (Å²) in [5, 5.41) is 4.68. The minimum atomic E-state index is -0.433. The topological polar surface area (TPSA) is 59.6 Å². The average Bonchev–Trinajstić information content (AvgIpc) is 2.48. The number of nitrogens with zero attached hydrogens (tertiary/aromatic N) is 1. The predicted octanol–water partition coefficient (Wildman–Crippen LogP) is 3.88. The fourth-order valence-corrected chi connectivity index (χ4v) is 2.19. The maximum absolute atomic E-state index is 13.8. The van der Waals surface area contributed by atoms with Crippen molar-refractivity contribution in [1.82, 2.24) is 5.43 Å². The molecule has 0 aliphatic heterocycles. The zero-order valence-electron chi connectivity index (χ0n) is 11.7. The van der Waals surface area contributed by atoms with Crippen LogP contribution in [0.1, 0.15) is 11.1 Å². The van der Waals surface area contributed by atoms with E-state index in [1.54, 1.807) is 24.3 Å². The molecule has 2 aromatic carbocycles. The van der Waals surface area contributed by atoms with Crippen molar-refractivity contribution in [3.8, 4) is 5.75 Å². The highest BCUT2D eigenvalue weighted by atomic mass is 35.5. The largest absolute Gasteiger partial charge is 0.488 e. The van der Waals surface area contributed by atoms with Crippen molar-refractivity contribution in [2.45, 2.75) is 6.61 Å². The number of thiocarbonyl (C=S) groups is 1. The minimum Gasteiger partial charge on any atom is -0.488 e. The van der Waals surface area contributed by atoms with Gasteiger partial charge in [0.25, 0.3) is 0 Å². The van der Waals surface area contributed by atoms with Gasteiger partial charge in [0.1, 0.15) is 18.2 Å². The van der Waals surface area contributed by atoms with Gasteiger partial charge in [-0.15, -0.1) is 0 Å². The number of hydrogen-bond acceptors (Lipinski definition) is 3. The van der Waals surface area contributed by atoms with Gasteiger partial charge in [-0.3, -0.25) is 5.43 Å². The van der Waals surface area contributed by atoms with Crippen LogP contribution in [0.3, 0.4) is 0 Å². The average molecular weight is 372 g/mol. The van der Waals surface area contributed by atoms with Crippen LogP contribution >= 0.6 is 35.4 Å². The molecule has 0 fully saturated rings. The highest BCUT2D eigenvalue weighted by Crippen LogP contribution is 2.25. The van der Waals surface area contributed by atoms with Crippen LogP contribution in [0, 0.1) is 5.82 Å². The van der Waals surface area contributed by atoms with Crippen LogP contribution in [0.2, 0.25) is 10.0 Å². The van der Waals surface area contributed by atoms with Gasteiger partial charge in [0, 0.05) is 16.1 Å². The second-order valence-electron chi connectivity index (χ2n) is 4.41. The van der Waals surface area contributed by atoms with Gasteiger partial charge in [0.05, 0.1) is 11.2 Å². The maximum Gasteiger partial charge on any atom is 0.184 e. The third kappa shape index (κ3) is 5.06. The summed E-state index contributed by atoms with van der Waals surface area (Å²) in [6, 6.07) is 9.39. The quantitative estimate of drug-likeness (QED) is 0.475. The van der Waals surface area contributed by atoms with Crippen LogP contribution < -0.4 is 15.9 Å². The third-order valence-corrected chi connectivity index (χ3v) is 3.46. The molecule has 0 aliphatic rings. The van der Waals surface area contributed by atoms with Crippen molar-refractivity contribution < 1.29 is 9.13 Å². The van der Waals surface area contributed by atoms with E-state index in [1.165, 1.54) is 18.3 Å². The Morgan fingerprint density at radius 3 is 2.83 bits per heavy atom. The van der Waals surface area contributed by atoms with E-state index < -0.39 is 5.82 Å². The van der Waals surface area contributed by atoms with E-state index in [0.29, 0.717) is 21.4 Å². The Bertz CT molecular complexity index is 735. The lowest BCUT2D eigenvalue weighted by atomic mass is 10.2. The van der Waals surface area contributed by atoms with Gasteiger partial charge in [-0.05, 0) is 42.5 Å². The van der Waals surface area contributed by atoms with Gasteiger partial charge >= 0.3 is 0 Å². The first kappa shape index (κ1) is 17.5. The van der Waals surface area contributed by atoms with E-state index in [1.807, 2.05) is 0 Å². The lowest BCUT2D eigenvalue weighted by molar-refractivity contribution is 0.299. The monoisotopic (exact) mass is 371 g/mol. The summed E-state index contributed by atoms with van der Waals surface area (Å²) in [4.78, 5) is 0. The van der Waals surface area contributed by atoms with Gasteiger partial charge in [-0.1, -0.05) is 29.3 Å². The van der Waals surface area contributed by atoms with Crippen molar-refractivity contribution >= 4 is 46.7 Å². The van der Waals surface area contributed by atoms with Gasteiger partial charge in [0.2, 0.25) is 0 Å². The van der Waals surface area contributed by atoms with Crippen LogP contribution in [0.25, 0.3) is 0 Å². The van der Waals surface area contributed by atoms with Crippen molar-refractivity contribution in [2.75, 3.05) is 0 Å². The molecule has 120 valence electrons. The van der Waals surface area contributed by atoms with E-state index in [9.17, 15) is 4.39 Å². The van der Waals surface area contributed by atoms with Crippen LogP contribution in [0.15, 0.2) is 41.5 Å². The molecular weight excluding hydrogens is 360 g/mol. The smallest absolute Gasteiger partial charge is 0.184 e. The fraction of sp³-hybridized carbons (Fsp3) is 0.0667. The molecule has 0 saturated heterocycles. The molecule has 2 rings (SSSR count). The Morgan fingerprint density at radius 2 is 2.13 bits per heavy atom. The lowest BCUT2D eigenvalue weighted by Crippen LogP contribution is -2.24. The second-order valence-corrected chi connectivity index (χ2v) is 5.69. The maximum atomic E-state index is 13.8. The predicted molar refractivity (Wildman–Crippen MR) is 94.7 cm³/mol. The molecule has 0 radical (unpaired) electrons. The SMILES string of the molecule is NC(=S)NN=Cc1cc(Cl)ccc1OCc1c(F)cccc1Cl. The van der Waals surface area contributed by atoms with Crippen LogP contribution in [0.5, 0.6) is 5.75 Å². The van der Waals surface area contributed by atoms with Gasteiger partial charge in [0.15, 0.2) is 5.11 Å². The molecule has 4 nitrogen and oxygen atoms in total. The summed E-state index contributed by atoms with van der Waals surface area (Å²) in [6.45, 7) is -0.0310. The summed E-state index contributed by atoms with van der Waals surface area (Å²) < 4.78 is 19.4. The van der Waals surface area contributed by atoms with Crippen LogP contribution in [-0.4, -0.2) is 11.3 Å². The van der Waals surface area contributed by atoms with E-state index in [4.69, 9.17) is 33.7 Å². The summed E-state index contributed by atoms with van der Waals surface area (Å²) in [7, 11) is 0. The van der Waals surface area contributed by atoms with Gasteiger partial charge in [-0.2, -0.15) is 5.10 Å². The number of ether oxygens (including phenoxy) is 1. The molecule has 0 amide bonds. The number of nitrogens with one attached hydrogen (secondary N) is 1. The van der Waals surface area contributed by atoms with Crippen molar-refractivity contribution in [1.29, 1.82) is 0 Å². The number of benzene rings is 2. The summed E-state index contributed by atoms with van der Waals surface area (Å²) in [6.07, 6.45) is 1.45.